The Kier molecular flexibility index (Phi) is 4.68. The molecule has 18 heavy (non-hydrogen) atoms. The summed E-state index contributed by atoms with van der Waals surface area (Å²) < 4.78 is 65.8. The van der Waals surface area contributed by atoms with Crippen LogP contribution in [0.1, 0.15) is 32.3 Å². The second-order valence-electron chi connectivity index (χ2n) is 3.53. The van der Waals surface area contributed by atoms with E-state index in [9.17, 15) is 22.0 Å². The van der Waals surface area contributed by atoms with Crippen molar-refractivity contribution in [1.29, 1.82) is 0 Å². The number of benzene rings is 1. The first-order valence-corrected chi connectivity index (χ1v) is 5.41. The van der Waals surface area contributed by atoms with Gasteiger partial charge in [-0.15, -0.1) is 5.73 Å². The van der Waals surface area contributed by atoms with Crippen LogP contribution >= 0.6 is 0 Å². The van der Waals surface area contributed by atoms with Crippen LogP contribution in [-0.4, -0.2) is 0 Å². The molecule has 1 aromatic rings. The van der Waals surface area contributed by atoms with Gasteiger partial charge in [0.2, 0.25) is 5.82 Å². The maximum absolute atomic E-state index is 13.5. The highest BCUT2D eigenvalue weighted by Gasteiger charge is 2.26. The van der Waals surface area contributed by atoms with Crippen molar-refractivity contribution < 1.29 is 22.0 Å². The molecule has 98 valence electrons. The van der Waals surface area contributed by atoms with E-state index < -0.39 is 34.6 Å². The third-order valence-corrected chi connectivity index (χ3v) is 2.35. The molecular formula is C13H11F5. The van der Waals surface area contributed by atoms with Crippen LogP contribution in [0.4, 0.5) is 22.0 Å². The third-order valence-electron chi connectivity index (χ3n) is 2.35. The van der Waals surface area contributed by atoms with Crippen molar-refractivity contribution in [2.24, 2.45) is 0 Å². The summed E-state index contributed by atoms with van der Waals surface area (Å²) in [5.41, 5.74) is 1.59. The van der Waals surface area contributed by atoms with E-state index in [1.807, 2.05) is 0 Å². The number of hydrogen-bond donors (Lipinski definition) is 0. The molecule has 0 aliphatic heterocycles. The van der Waals surface area contributed by atoms with Crippen molar-refractivity contribution in [3.8, 4) is 0 Å². The molecule has 1 aromatic carbocycles. The summed E-state index contributed by atoms with van der Waals surface area (Å²) in [7, 11) is 0. The fourth-order valence-electron chi connectivity index (χ4n) is 1.45. The SMILES string of the molecule is CCC=C=C(CC)c1c(F)c(F)c(F)c(F)c1F. The molecule has 0 bridgehead atoms. The average Bonchev–Trinajstić information content (AvgIpc) is 2.38. The van der Waals surface area contributed by atoms with E-state index >= 15 is 0 Å². The Morgan fingerprint density at radius 3 is 1.72 bits per heavy atom. The average molecular weight is 262 g/mol. The van der Waals surface area contributed by atoms with Gasteiger partial charge < -0.3 is 0 Å². The van der Waals surface area contributed by atoms with Crippen molar-refractivity contribution in [2.75, 3.05) is 0 Å². The summed E-state index contributed by atoms with van der Waals surface area (Å²) in [4.78, 5) is 0. The number of halogens is 5. The summed E-state index contributed by atoms with van der Waals surface area (Å²) in [5.74, 6) is -9.66. The van der Waals surface area contributed by atoms with Crippen LogP contribution in [0, 0.1) is 29.1 Å². The van der Waals surface area contributed by atoms with Gasteiger partial charge in [0.25, 0.3) is 0 Å². The predicted molar refractivity (Wildman–Crippen MR) is 58.3 cm³/mol. The maximum atomic E-state index is 13.5. The molecule has 0 spiro atoms. The first kappa shape index (κ1) is 14.5. The molecule has 0 fully saturated rings. The van der Waals surface area contributed by atoms with Crippen molar-refractivity contribution in [1.82, 2.24) is 0 Å². The van der Waals surface area contributed by atoms with Gasteiger partial charge in [-0.3, -0.25) is 0 Å². The van der Waals surface area contributed by atoms with Crippen LogP contribution in [0.5, 0.6) is 0 Å². The highest BCUT2D eigenvalue weighted by molar-refractivity contribution is 5.66. The molecular weight excluding hydrogens is 251 g/mol. The zero-order valence-electron chi connectivity index (χ0n) is 9.88. The molecule has 0 saturated heterocycles. The molecule has 0 atom stereocenters. The van der Waals surface area contributed by atoms with E-state index in [2.05, 4.69) is 5.73 Å². The lowest BCUT2D eigenvalue weighted by molar-refractivity contribution is 0.376. The fraction of sp³-hybridized carbons (Fsp3) is 0.308. The minimum Gasteiger partial charge on any atom is -0.203 e. The van der Waals surface area contributed by atoms with Gasteiger partial charge in [0.05, 0.1) is 5.56 Å². The normalized spacial score (nSPS) is 10.2. The second-order valence-corrected chi connectivity index (χ2v) is 3.53. The smallest absolute Gasteiger partial charge is 0.200 e. The molecule has 0 aliphatic carbocycles. The summed E-state index contributed by atoms with van der Waals surface area (Å²) in [6.45, 7) is 3.31. The van der Waals surface area contributed by atoms with E-state index in [1.165, 1.54) is 6.08 Å². The standard InChI is InChI=1S/C13H11F5/c1-3-5-6-7(4-2)8-9(14)11(16)13(18)12(17)10(8)15/h5H,3-4H2,1-2H3. The Morgan fingerprint density at radius 2 is 1.33 bits per heavy atom. The summed E-state index contributed by atoms with van der Waals surface area (Å²) in [6.07, 6.45) is 2.12. The summed E-state index contributed by atoms with van der Waals surface area (Å²) in [6, 6.07) is 0. The van der Waals surface area contributed by atoms with Crippen LogP contribution in [0.3, 0.4) is 0 Å². The van der Waals surface area contributed by atoms with Crippen molar-refractivity contribution >= 4 is 5.57 Å². The molecule has 0 saturated carbocycles. The molecule has 0 heterocycles. The van der Waals surface area contributed by atoms with Crippen molar-refractivity contribution in [2.45, 2.75) is 26.7 Å². The van der Waals surface area contributed by atoms with Crippen LogP contribution in [0.25, 0.3) is 5.57 Å². The molecule has 0 nitrogen and oxygen atoms in total. The third kappa shape index (κ3) is 2.46. The van der Waals surface area contributed by atoms with Crippen molar-refractivity contribution in [3.63, 3.8) is 0 Å². The van der Waals surface area contributed by atoms with Crippen LogP contribution < -0.4 is 0 Å². The van der Waals surface area contributed by atoms with E-state index in [-0.39, 0.29) is 12.0 Å². The van der Waals surface area contributed by atoms with E-state index in [4.69, 9.17) is 0 Å². The number of hydrogen-bond acceptors (Lipinski definition) is 0. The van der Waals surface area contributed by atoms with Crippen LogP contribution in [-0.2, 0) is 0 Å². The van der Waals surface area contributed by atoms with Gasteiger partial charge in [-0.25, -0.2) is 22.0 Å². The Balaban J connectivity index is 3.65. The van der Waals surface area contributed by atoms with Gasteiger partial charge in [0.1, 0.15) is 0 Å². The highest BCUT2D eigenvalue weighted by atomic mass is 19.2. The molecule has 0 aliphatic rings. The lowest BCUT2D eigenvalue weighted by atomic mass is 10.0. The van der Waals surface area contributed by atoms with Gasteiger partial charge >= 0.3 is 0 Å². The Morgan fingerprint density at radius 1 is 0.889 bits per heavy atom. The van der Waals surface area contributed by atoms with E-state index in [0.717, 1.165) is 0 Å². The van der Waals surface area contributed by atoms with Gasteiger partial charge in [-0.2, -0.15) is 0 Å². The Hall–Kier alpha value is -1.61. The monoisotopic (exact) mass is 262 g/mol. The largest absolute Gasteiger partial charge is 0.203 e. The van der Waals surface area contributed by atoms with Crippen LogP contribution in [0.2, 0.25) is 0 Å². The number of rotatable bonds is 3. The molecule has 1 rings (SSSR count). The van der Waals surface area contributed by atoms with Crippen LogP contribution in [0.15, 0.2) is 11.8 Å². The molecule has 0 unspecified atom stereocenters. The number of allylic oxidation sites excluding steroid dienone is 1. The summed E-state index contributed by atoms with van der Waals surface area (Å²) >= 11 is 0. The van der Waals surface area contributed by atoms with Gasteiger partial charge in [0, 0.05) is 5.57 Å². The Labute approximate surface area is 101 Å². The molecule has 0 amide bonds. The second kappa shape index (κ2) is 5.83. The van der Waals surface area contributed by atoms with Crippen molar-refractivity contribution in [3.05, 3.63) is 46.5 Å². The maximum Gasteiger partial charge on any atom is 0.200 e. The molecule has 0 aromatic heterocycles. The highest BCUT2D eigenvalue weighted by Crippen LogP contribution is 2.29. The molecule has 0 radical (unpaired) electrons. The summed E-state index contributed by atoms with van der Waals surface area (Å²) in [5, 5.41) is 0. The first-order valence-electron chi connectivity index (χ1n) is 5.41. The molecule has 0 N–H and O–H groups in total. The first-order chi connectivity index (χ1) is 8.45. The van der Waals surface area contributed by atoms with Gasteiger partial charge in [0.15, 0.2) is 23.3 Å². The fourth-order valence-corrected chi connectivity index (χ4v) is 1.45. The molecule has 5 heteroatoms. The lowest BCUT2D eigenvalue weighted by Crippen LogP contribution is -2.06. The zero-order chi connectivity index (χ0) is 13.9. The predicted octanol–water partition coefficient (Wildman–Crippen LogP) is 4.74. The Bertz CT molecular complexity index is 496. The van der Waals surface area contributed by atoms with Gasteiger partial charge in [-0.1, -0.05) is 13.8 Å². The minimum absolute atomic E-state index is 0.0512. The van der Waals surface area contributed by atoms with Gasteiger partial charge in [-0.05, 0) is 18.9 Å². The topological polar surface area (TPSA) is 0 Å². The zero-order valence-corrected chi connectivity index (χ0v) is 9.88. The minimum atomic E-state index is -2.15. The van der Waals surface area contributed by atoms with E-state index in [1.54, 1.807) is 13.8 Å². The van der Waals surface area contributed by atoms with E-state index in [0.29, 0.717) is 6.42 Å². The quantitative estimate of drug-likeness (QED) is 0.319. The lowest BCUT2D eigenvalue weighted by Gasteiger charge is -2.08.